The third kappa shape index (κ3) is 3.00. The minimum absolute atomic E-state index is 0.0180. The smallest absolute Gasteiger partial charge is 0.254 e. The molecule has 0 aromatic heterocycles. The van der Waals surface area contributed by atoms with Gasteiger partial charge in [0.1, 0.15) is 0 Å². The van der Waals surface area contributed by atoms with Gasteiger partial charge in [-0.2, -0.15) is 0 Å². The van der Waals surface area contributed by atoms with Crippen LogP contribution in [0.2, 0.25) is 10.0 Å². The number of likely N-dealkylation sites (tertiary alicyclic amines) is 1. The largest absolute Gasteiger partial charge is 0.347 e. The Morgan fingerprint density at radius 3 is 2.44 bits per heavy atom. The van der Waals surface area contributed by atoms with Gasteiger partial charge in [-0.15, -0.1) is 0 Å². The van der Waals surface area contributed by atoms with Crippen LogP contribution >= 0.6 is 23.2 Å². The molecule has 4 nitrogen and oxygen atoms in total. The zero-order chi connectivity index (χ0) is 17.6. The van der Waals surface area contributed by atoms with Crippen molar-refractivity contribution in [1.82, 2.24) is 10.2 Å². The summed E-state index contributed by atoms with van der Waals surface area (Å²) >= 11 is 12.3. The Balaban J connectivity index is 1.48. The Bertz CT molecular complexity index is 858. The highest BCUT2D eigenvalue weighted by Crippen LogP contribution is 2.33. The number of carbonyl (C=O) groups excluding carboxylic acids is 2. The van der Waals surface area contributed by atoms with Crippen LogP contribution in [0.15, 0.2) is 42.5 Å². The molecule has 128 valence electrons. The Hall–Kier alpha value is -2.04. The average molecular weight is 375 g/mol. The lowest BCUT2D eigenvalue weighted by molar-refractivity contribution is -0.120. The summed E-state index contributed by atoms with van der Waals surface area (Å²) in [6, 6.07) is 12.7. The third-order valence-electron chi connectivity index (χ3n) is 4.88. The molecule has 6 heteroatoms. The van der Waals surface area contributed by atoms with Gasteiger partial charge in [-0.25, -0.2) is 0 Å². The van der Waals surface area contributed by atoms with E-state index in [-0.39, 0.29) is 17.4 Å². The summed E-state index contributed by atoms with van der Waals surface area (Å²) in [6.07, 6.45) is 1.36. The van der Waals surface area contributed by atoms with Gasteiger partial charge in [-0.1, -0.05) is 35.3 Å². The monoisotopic (exact) mass is 374 g/mol. The summed E-state index contributed by atoms with van der Waals surface area (Å²) in [5, 5.41) is 4.22. The number of nitrogens with zero attached hydrogens (tertiary/aromatic N) is 1. The summed E-state index contributed by atoms with van der Waals surface area (Å²) < 4.78 is 0. The first kappa shape index (κ1) is 16.4. The number of nitrogens with one attached hydrogen (secondary N) is 1. The van der Waals surface area contributed by atoms with E-state index in [9.17, 15) is 9.59 Å². The first-order chi connectivity index (χ1) is 12.0. The molecule has 2 aliphatic heterocycles. The van der Waals surface area contributed by atoms with Gasteiger partial charge in [-0.3, -0.25) is 9.59 Å². The number of amides is 2. The minimum atomic E-state index is -0.193. The zero-order valence-corrected chi connectivity index (χ0v) is 14.9. The van der Waals surface area contributed by atoms with Crippen LogP contribution in [0.1, 0.15) is 23.2 Å². The van der Waals surface area contributed by atoms with Crippen LogP contribution in [0.25, 0.3) is 11.1 Å². The van der Waals surface area contributed by atoms with Gasteiger partial charge >= 0.3 is 0 Å². The van der Waals surface area contributed by atoms with E-state index in [0.29, 0.717) is 35.1 Å². The molecule has 2 aliphatic rings. The predicted octanol–water partition coefficient (Wildman–Crippen LogP) is 3.77. The highest BCUT2D eigenvalue weighted by atomic mass is 35.5. The summed E-state index contributed by atoms with van der Waals surface area (Å²) in [4.78, 5) is 25.7. The van der Waals surface area contributed by atoms with Crippen molar-refractivity contribution in [3.8, 4) is 11.1 Å². The van der Waals surface area contributed by atoms with Gasteiger partial charge < -0.3 is 10.2 Å². The van der Waals surface area contributed by atoms with Crippen LogP contribution in [0.4, 0.5) is 0 Å². The molecule has 2 amide bonds. The van der Waals surface area contributed by atoms with E-state index < -0.39 is 0 Å². The Morgan fingerprint density at radius 1 is 1.08 bits per heavy atom. The SMILES string of the molecule is O=C1CCC2(CN(C(=O)c3ccc(-c4cc(Cl)ccc4Cl)cc3)C2)N1. The highest BCUT2D eigenvalue weighted by Gasteiger charge is 2.49. The second-order valence-corrected chi connectivity index (χ2v) is 7.53. The molecule has 1 N–H and O–H groups in total. The molecular weight excluding hydrogens is 359 g/mol. The first-order valence-corrected chi connectivity index (χ1v) is 8.87. The van der Waals surface area contributed by atoms with Gasteiger partial charge in [0, 0.05) is 40.7 Å². The lowest BCUT2D eigenvalue weighted by Crippen LogP contribution is -2.68. The van der Waals surface area contributed by atoms with E-state index in [0.717, 1.165) is 17.5 Å². The maximum atomic E-state index is 12.6. The van der Waals surface area contributed by atoms with Gasteiger partial charge in [0.15, 0.2) is 0 Å². The van der Waals surface area contributed by atoms with Crippen molar-refractivity contribution in [2.45, 2.75) is 18.4 Å². The van der Waals surface area contributed by atoms with Gasteiger partial charge in [0.05, 0.1) is 5.54 Å². The number of rotatable bonds is 2. The quantitative estimate of drug-likeness (QED) is 0.869. The molecule has 0 atom stereocenters. The molecule has 2 heterocycles. The predicted molar refractivity (Wildman–Crippen MR) is 97.9 cm³/mol. The number of carbonyl (C=O) groups is 2. The lowest BCUT2D eigenvalue weighted by Gasteiger charge is -2.47. The van der Waals surface area contributed by atoms with Crippen molar-refractivity contribution in [3.05, 3.63) is 58.1 Å². The van der Waals surface area contributed by atoms with Crippen molar-refractivity contribution in [3.63, 3.8) is 0 Å². The van der Waals surface area contributed by atoms with E-state index in [1.807, 2.05) is 18.2 Å². The van der Waals surface area contributed by atoms with Crippen molar-refractivity contribution < 1.29 is 9.59 Å². The van der Waals surface area contributed by atoms with Crippen LogP contribution in [-0.4, -0.2) is 35.3 Å². The van der Waals surface area contributed by atoms with Gasteiger partial charge in [-0.05, 0) is 42.3 Å². The second-order valence-electron chi connectivity index (χ2n) is 6.69. The fourth-order valence-electron chi connectivity index (χ4n) is 3.53. The number of halogens is 2. The fourth-order valence-corrected chi connectivity index (χ4v) is 3.93. The second kappa shape index (κ2) is 6.04. The lowest BCUT2D eigenvalue weighted by atomic mass is 9.87. The molecule has 2 fully saturated rings. The van der Waals surface area contributed by atoms with E-state index in [1.54, 1.807) is 29.2 Å². The van der Waals surface area contributed by atoms with Crippen LogP contribution in [0, 0.1) is 0 Å². The van der Waals surface area contributed by atoms with Crippen molar-refractivity contribution in [2.24, 2.45) is 0 Å². The van der Waals surface area contributed by atoms with E-state index >= 15 is 0 Å². The molecule has 1 spiro atoms. The molecule has 0 bridgehead atoms. The number of benzene rings is 2. The maximum absolute atomic E-state index is 12.6. The first-order valence-electron chi connectivity index (χ1n) is 8.12. The van der Waals surface area contributed by atoms with E-state index in [1.165, 1.54) is 0 Å². The summed E-state index contributed by atoms with van der Waals surface area (Å²) in [6.45, 7) is 1.17. The van der Waals surface area contributed by atoms with E-state index in [4.69, 9.17) is 23.2 Å². The van der Waals surface area contributed by atoms with Gasteiger partial charge in [0.2, 0.25) is 5.91 Å². The molecule has 0 unspecified atom stereocenters. The van der Waals surface area contributed by atoms with Crippen LogP contribution in [-0.2, 0) is 4.79 Å². The third-order valence-corrected chi connectivity index (χ3v) is 5.45. The van der Waals surface area contributed by atoms with E-state index in [2.05, 4.69) is 5.32 Å². The minimum Gasteiger partial charge on any atom is -0.347 e. The normalized spacial score (nSPS) is 18.2. The molecule has 4 rings (SSSR count). The molecule has 2 aromatic carbocycles. The summed E-state index contributed by atoms with van der Waals surface area (Å²) in [7, 11) is 0. The van der Waals surface area contributed by atoms with Crippen molar-refractivity contribution in [2.75, 3.05) is 13.1 Å². The molecule has 2 aromatic rings. The fraction of sp³-hybridized carbons (Fsp3) is 0.263. The van der Waals surface area contributed by atoms with Crippen molar-refractivity contribution in [1.29, 1.82) is 0 Å². The van der Waals surface area contributed by atoms with Crippen molar-refractivity contribution >= 4 is 35.0 Å². The number of hydrogen-bond donors (Lipinski definition) is 1. The standard InChI is InChI=1S/C19H16Cl2N2O2/c20-14-5-6-16(21)15(9-14)12-1-3-13(4-2-12)18(25)23-10-19(11-23)8-7-17(24)22-19/h1-6,9H,7-8,10-11H2,(H,22,24). The summed E-state index contributed by atoms with van der Waals surface area (Å²) in [5.41, 5.74) is 2.18. The molecule has 0 aliphatic carbocycles. The Kier molecular flexibility index (Phi) is 3.97. The average Bonchev–Trinajstić information content (AvgIpc) is 2.97. The molecule has 0 saturated carbocycles. The Morgan fingerprint density at radius 2 is 1.80 bits per heavy atom. The molecule has 0 radical (unpaired) electrons. The highest BCUT2D eigenvalue weighted by molar-refractivity contribution is 6.35. The molecule has 25 heavy (non-hydrogen) atoms. The Labute approximate surface area is 155 Å². The topological polar surface area (TPSA) is 49.4 Å². The van der Waals surface area contributed by atoms with Crippen LogP contribution in [0.5, 0.6) is 0 Å². The molecule has 2 saturated heterocycles. The maximum Gasteiger partial charge on any atom is 0.254 e. The van der Waals surface area contributed by atoms with Crippen LogP contribution < -0.4 is 5.32 Å². The molecular formula is C19H16Cl2N2O2. The number of hydrogen-bond acceptors (Lipinski definition) is 2. The van der Waals surface area contributed by atoms with Crippen LogP contribution in [0.3, 0.4) is 0 Å². The zero-order valence-electron chi connectivity index (χ0n) is 13.4. The van der Waals surface area contributed by atoms with Gasteiger partial charge in [0.25, 0.3) is 5.91 Å². The summed E-state index contributed by atoms with van der Waals surface area (Å²) in [5.74, 6) is 0.0605.